The third-order valence-electron chi connectivity index (χ3n) is 7.84. The Morgan fingerprint density at radius 3 is 2.72 bits per heavy atom. The van der Waals surface area contributed by atoms with Crippen LogP contribution >= 0.6 is 23.2 Å². The number of nitriles is 1. The van der Waals surface area contributed by atoms with Crippen molar-refractivity contribution >= 4 is 40.2 Å². The molecule has 1 aromatic carbocycles. The lowest BCUT2D eigenvalue weighted by Crippen LogP contribution is -2.54. The molecule has 2 unspecified atom stereocenters. The van der Waals surface area contributed by atoms with Crippen molar-refractivity contribution < 1.29 is 5.11 Å². The molecule has 1 N–H and O–H groups in total. The number of rotatable bonds is 7. The molecular weight excluding hydrogens is 497 g/mol. The van der Waals surface area contributed by atoms with Crippen LogP contribution < -0.4 is 4.90 Å². The van der Waals surface area contributed by atoms with E-state index in [1.165, 1.54) is 12.8 Å². The number of hydrogen-bond donors (Lipinski definition) is 1. The number of hydrogen-bond acceptors (Lipinski definition) is 7. The van der Waals surface area contributed by atoms with Gasteiger partial charge in [0.05, 0.1) is 12.2 Å². The Labute approximate surface area is 221 Å². The molecule has 10 heteroatoms. The van der Waals surface area contributed by atoms with Gasteiger partial charge < -0.3 is 14.9 Å². The second-order valence-electron chi connectivity index (χ2n) is 10.1. The molecule has 2 fully saturated rings. The Balaban J connectivity index is 1.34. The summed E-state index contributed by atoms with van der Waals surface area (Å²) < 4.78 is 1.73. The van der Waals surface area contributed by atoms with Crippen molar-refractivity contribution in [1.82, 2.24) is 24.6 Å². The average molecular weight is 528 g/mol. The first-order chi connectivity index (χ1) is 17.4. The van der Waals surface area contributed by atoms with Crippen LogP contribution in [0.5, 0.6) is 0 Å². The van der Waals surface area contributed by atoms with Crippen LogP contribution in [0.3, 0.4) is 0 Å². The Kier molecular flexibility index (Phi) is 7.36. The second-order valence-corrected chi connectivity index (χ2v) is 10.9. The van der Waals surface area contributed by atoms with Crippen molar-refractivity contribution in [3.05, 3.63) is 45.7 Å². The number of piperidine rings is 1. The number of halogens is 2. The highest BCUT2D eigenvalue weighted by atomic mass is 35.5. The van der Waals surface area contributed by atoms with Crippen LogP contribution in [0.15, 0.2) is 24.4 Å². The van der Waals surface area contributed by atoms with Crippen LogP contribution in [-0.2, 0) is 0 Å². The highest BCUT2D eigenvalue weighted by molar-refractivity contribution is 6.35. The molecule has 0 bridgehead atoms. The number of aliphatic hydroxyl groups is 1. The minimum absolute atomic E-state index is 0.244. The predicted octanol–water partition coefficient (Wildman–Crippen LogP) is 4.53. The lowest BCUT2D eigenvalue weighted by Gasteiger charge is -2.48. The molecule has 4 heterocycles. The van der Waals surface area contributed by atoms with Crippen molar-refractivity contribution in [3.63, 3.8) is 0 Å². The number of fused-ring (bicyclic) bond motifs is 1. The van der Waals surface area contributed by atoms with Crippen LogP contribution in [-0.4, -0.2) is 68.6 Å². The fraction of sp³-hybridized carbons (Fsp3) is 0.538. The van der Waals surface area contributed by atoms with Crippen molar-refractivity contribution in [3.8, 4) is 6.07 Å². The fourth-order valence-corrected chi connectivity index (χ4v) is 6.13. The molecular formula is C26H31Cl2N7O. The van der Waals surface area contributed by atoms with E-state index in [9.17, 15) is 10.4 Å². The van der Waals surface area contributed by atoms with E-state index in [1.54, 1.807) is 23.0 Å². The Morgan fingerprint density at radius 2 is 2.00 bits per heavy atom. The molecule has 190 valence electrons. The smallest absolute Gasteiger partial charge is 0.190 e. The second kappa shape index (κ2) is 10.5. The van der Waals surface area contributed by atoms with Gasteiger partial charge in [-0.15, -0.1) is 0 Å². The zero-order valence-electron chi connectivity index (χ0n) is 20.6. The molecule has 2 aromatic heterocycles. The maximum Gasteiger partial charge on any atom is 0.190 e. The van der Waals surface area contributed by atoms with E-state index in [0.717, 1.165) is 44.0 Å². The summed E-state index contributed by atoms with van der Waals surface area (Å²) in [5.74, 6) is 2.09. The number of aromatic nitrogens is 4. The molecule has 0 amide bonds. The van der Waals surface area contributed by atoms with Crippen molar-refractivity contribution in [2.75, 3.05) is 37.7 Å². The summed E-state index contributed by atoms with van der Waals surface area (Å²) >= 11 is 12.5. The van der Waals surface area contributed by atoms with E-state index in [-0.39, 0.29) is 18.3 Å². The lowest BCUT2D eigenvalue weighted by atomic mass is 9.80. The van der Waals surface area contributed by atoms with E-state index < -0.39 is 0 Å². The van der Waals surface area contributed by atoms with Gasteiger partial charge in [-0.05, 0) is 69.2 Å². The molecule has 3 aromatic rings. The molecule has 3 atom stereocenters. The molecule has 36 heavy (non-hydrogen) atoms. The highest BCUT2D eigenvalue weighted by Gasteiger charge is 2.37. The van der Waals surface area contributed by atoms with E-state index in [4.69, 9.17) is 28.2 Å². The van der Waals surface area contributed by atoms with Crippen molar-refractivity contribution in [2.45, 2.75) is 45.2 Å². The monoisotopic (exact) mass is 527 g/mol. The van der Waals surface area contributed by atoms with Gasteiger partial charge in [-0.3, -0.25) is 0 Å². The van der Waals surface area contributed by atoms with Gasteiger partial charge in [-0.25, -0.2) is 14.6 Å². The van der Waals surface area contributed by atoms with Crippen LogP contribution in [0.25, 0.3) is 11.2 Å². The fourth-order valence-electron chi connectivity index (χ4n) is 5.56. The Bertz CT molecular complexity index is 1280. The zero-order valence-corrected chi connectivity index (χ0v) is 22.1. The van der Waals surface area contributed by atoms with Gasteiger partial charge in [-0.1, -0.05) is 29.3 Å². The molecule has 0 radical (unpaired) electrons. The van der Waals surface area contributed by atoms with Crippen molar-refractivity contribution in [1.29, 1.82) is 5.26 Å². The normalized spacial score (nSPS) is 20.8. The first-order valence-corrected chi connectivity index (χ1v) is 13.3. The number of anilines is 1. The summed E-state index contributed by atoms with van der Waals surface area (Å²) in [7, 11) is 0. The van der Waals surface area contributed by atoms with E-state index in [2.05, 4.69) is 32.9 Å². The van der Waals surface area contributed by atoms with Crippen LogP contribution in [0.4, 0.5) is 5.82 Å². The summed E-state index contributed by atoms with van der Waals surface area (Å²) in [5, 5.41) is 24.6. The Morgan fingerprint density at radius 1 is 1.19 bits per heavy atom. The molecule has 2 aliphatic rings. The lowest BCUT2D eigenvalue weighted by molar-refractivity contribution is 0.0791. The number of nitrogens with zero attached hydrogens (tertiary/aromatic N) is 7. The average Bonchev–Trinajstić information content (AvgIpc) is 3.21. The number of likely N-dealkylation sites (tertiary alicyclic amines) is 1. The van der Waals surface area contributed by atoms with Gasteiger partial charge in [0.15, 0.2) is 11.3 Å². The van der Waals surface area contributed by atoms with Crippen molar-refractivity contribution in [2.24, 2.45) is 11.8 Å². The third kappa shape index (κ3) is 4.78. The maximum absolute atomic E-state index is 9.64. The maximum atomic E-state index is 9.64. The molecule has 0 saturated carbocycles. The Hall–Kier alpha value is -2.44. The molecule has 2 aliphatic heterocycles. The van der Waals surface area contributed by atoms with Crippen LogP contribution in [0.1, 0.15) is 50.4 Å². The first kappa shape index (κ1) is 25.2. The highest BCUT2D eigenvalue weighted by Crippen LogP contribution is 2.35. The van der Waals surface area contributed by atoms with Gasteiger partial charge >= 0.3 is 0 Å². The summed E-state index contributed by atoms with van der Waals surface area (Å²) in [6.45, 7) is 8.55. The molecule has 2 saturated heterocycles. The van der Waals surface area contributed by atoms with Gasteiger partial charge in [0.1, 0.15) is 17.4 Å². The molecule has 0 aliphatic carbocycles. The van der Waals surface area contributed by atoms with Crippen LogP contribution in [0.2, 0.25) is 10.0 Å². The van der Waals surface area contributed by atoms with E-state index >= 15 is 0 Å². The molecule has 0 spiro atoms. The summed E-state index contributed by atoms with van der Waals surface area (Å²) in [6, 6.07) is 7.70. The molecule has 5 rings (SSSR count). The zero-order chi connectivity index (χ0) is 25.4. The summed E-state index contributed by atoms with van der Waals surface area (Å²) in [6.07, 6.45) is 5.05. The quantitative estimate of drug-likeness (QED) is 0.482. The van der Waals surface area contributed by atoms with Crippen LogP contribution in [0, 0.1) is 23.2 Å². The van der Waals surface area contributed by atoms with Gasteiger partial charge in [-0.2, -0.15) is 10.4 Å². The topological polar surface area (TPSA) is 94.1 Å². The molecule has 8 nitrogen and oxygen atoms in total. The minimum Gasteiger partial charge on any atom is -0.396 e. The number of aliphatic hydroxyl groups excluding tert-OH is 1. The third-order valence-corrected chi connectivity index (χ3v) is 8.40. The van der Waals surface area contributed by atoms with E-state index in [1.807, 2.05) is 13.0 Å². The van der Waals surface area contributed by atoms with E-state index in [0.29, 0.717) is 39.1 Å². The SMILES string of the molecule is CC(CCO)N1CCCC(C2CN(c3cnc4c(C#N)nn([C@H](C)c5ccc(Cl)cc5Cl)c4n3)C2)C1. The van der Waals surface area contributed by atoms with Gasteiger partial charge in [0.25, 0.3) is 0 Å². The summed E-state index contributed by atoms with van der Waals surface area (Å²) in [4.78, 5) is 14.3. The minimum atomic E-state index is -0.248. The largest absolute Gasteiger partial charge is 0.396 e. The summed E-state index contributed by atoms with van der Waals surface area (Å²) in [5.41, 5.74) is 2.17. The number of benzene rings is 1. The standard InChI is InChI=1S/C26H31Cl2N7O/c1-16(7-9-36)33-8-3-4-18(13-33)19-14-34(15-19)24-12-30-25-23(11-29)32-35(26(25)31-24)17(2)21-6-5-20(27)10-22(21)28/h5-6,10,12,16-19,36H,3-4,7-9,13-15H2,1-2H3/t16?,17-,18?/m1/s1. The van der Waals surface area contributed by atoms with Gasteiger partial charge in [0, 0.05) is 42.3 Å². The van der Waals surface area contributed by atoms with Gasteiger partial charge in [0.2, 0.25) is 0 Å². The first-order valence-electron chi connectivity index (χ1n) is 12.6. The predicted molar refractivity (Wildman–Crippen MR) is 141 cm³/mol.